The number of amides is 1. The van der Waals surface area contributed by atoms with E-state index in [1.165, 1.54) is 24.8 Å². The number of nitrogens with zero attached hydrogens (tertiary/aromatic N) is 1. The van der Waals surface area contributed by atoms with Crippen molar-refractivity contribution >= 4 is 11.9 Å². The van der Waals surface area contributed by atoms with Gasteiger partial charge in [-0.1, -0.05) is 45.2 Å². The summed E-state index contributed by atoms with van der Waals surface area (Å²) in [6.07, 6.45) is 8.40. The van der Waals surface area contributed by atoms with Crippen molar-refractivity contribution in [3.63, 3.8) is 0 Å². The Balaban J connectivity index is 1.56. The Morgan fingerprint density at radius 3 is 2.67 bits per heavy atom. The third-order valence-corrected chi connectivity index (χ3v) is 8.25. The SMILES string of the molecule is C[C@H]1CN(CCC(C(=O)NCCCC(=O)O)C2CCCCC2)CC[C@@]1(C)c1cccc(O)c1. The highest BCUT2D eigenvalue weighted by Crippen LogP contribution is 2.40. The molecule has 33 heavy (non-hydrogen) atoms. The molecule has 3 atom stereocenters. The Morgan fingerprint density at radius 1 is 1.24 bits per heavy atom. The van der Waals surface area contributed by atoms with Gasteiger partial charge in [0.2, 0.25) is 5.91 Å². The molecular formula is C27H42N2O4. The molecule has 1 aromatic carbocycles. The third-order valence-electron chi connectivity index (χ3n) is 8.25. The van der Waals surface area contributed by atoms with E-state index in [-0.39, 0.29) is 23.7 Å². The minimum atomic E-state index is -0.815. The summed E-state index contributed by atoms with van der Waals surface area (Å²) >= 11 is 0. The van der Waals surface area contributed by atoms with Gasteiger partial charge in [-0.05, 0) is 80.1 Å². The topological polar surface area (TPSA) is 89.9 Å². The van der Waals surface area contributed by atoms with E-state index in [9.17, 15) is 14.7 Å². The number of aliphatic carboxylic acids is 1. The van der Waals surface area contributed by atoms with Crippen molar-refractivity contribution in [1.82, 2.24) is 10.2 Å². The van der Waals surface area contributed by atoms with Crippen LogP contribution in [0.25, 0.3) is 0 Å². The standard InChI is InChI=1S/C27H42N2O4/c1-20-19-29(17-14-27(20,2)22-10-6-11-23(30)18-22)16-13-24(21-8-4-3-5-9-21)26(33)28-15-7-12-25(31)32/h6,10-11,18,20-21,24,30H,3-5,7-9,12-17,19H2,1-2H3,(H,28,33)(H,31,32)/t20-,24?,27+/m0/s1. The fourth-order valence-electron chi connectivity index (χ4n) is 5.83. The number of rotatable bonds is 10. The van der Waals surface area contributed by atoms with Crippen molar-refractivity contribution < 1.29 is 19.8 Å². The van der Waals surface area contributed by atoms with Crippen molar-refractivity contribution in [2.45, 2.75) is 77.0 Å². The van der Waals surface area contributed by atoms with Crippen LogP contribution in [0.15, 0.2) is 24.3 Å². The van der Waals surface area contributed by atoms with Crippen LogP contribution in [0.1, 0.15) is 77.2 Å². The summed E-state index contributed by atoms with van der Waals surface area (Å²) in [5.41, 5.74) is 1.25. The van der Waals surface area contributed by atoms with E-state index in [0.717, 1.165) is 45.3 Å². The summed E-state index contributed by atoms with van der Waals surface area (Å²) < 4.78 is 0. The Hall–Kier alpha value is -2.08. The van der Waals surface area contributed by atoms with E-state index >= 15 is 0 Å². The molecule has 1 saturated carbocycles. The van der Waals surface area contributed by atoms with Crippen molar-refractivity contribution in [1.29, 1.82) is 0 Å². The first-order chi connectivity index (χ1) is 15.8. The Labute approximate surface area is 198 Å². The number of carboxylic acids is 1. The van der Waals surface area contributed by atoms with Crippen LogP contribution < -0.4 is 5.32 Å². The second kappa shape index (κ2) is 11.9. The number of hydrogen-bond acceptors (Lipinski definition) is 4. The number of piperidine rings is 1. The normalized spacial score (nSPS) is 25.5. The summed E-state index contributed by atoms with van der Waals surface area (Å²) in [4.78, 5) is 26.3. The molecule has 3 rings (SSSR count). The Morgan fingerprint density at radius 2 is 2.00 bits per heavy atom. The molecule has 184 valence electrons. The van der Waals surface area contributed by atoms with Crippen molar-refractivity contribution in [3.05, 3.63) is 29.8 Å². The first-order valence-electron chi connectivity index (χ1n) is 12.8. The van der Waals surface area contributed by atoms with Crippen LogP contribution in [0, 0.1) is 17.8 Å². The second-order valence-electron chi connectivity index (χ2n) is 10.5. The molecule has 1 aliphatic heterocycles. The average Bonchev–Trinajstić information content (AvgIpc) is 2.80. The molecule has 0 radical (unpaired) electrons. The van der Waals surface area contributed by atoms with Gasteiger partial charge in [-0.3, -0.25) is 9.59 Å². The number of hydrogen-bond donors (Lipinski definition) is 3. The molecule has 1 aromatic rings. The number of nitrogens with one attached hydrogen (secondary N) is 1. The molecule has 0 aromatic heterocycles. The van der Waals surface area contributed by atoms with E-state index in [4.69, 9.17) is 5.11 Å². The molecule has 1 aliphatic carbocycles. The van der Waals surface area contributed by atoms with Gasteiger partial charge < -0.3 is 20.4 Å². The number of carbonyl (C=O) groups excluding carboxylic acids is 1. The van der Waals surface area contributed by atoms with Gasteiger partial charge in [0.15, 0.2) is 0 Å². The van der Waals surface area contributed by atoms with Gasteiger partial charge in [-0.25, -0.2) is 0 Å². The number of carbonyl (C=O) groups is 2. The lowest BCUT2D eigenvalue weighted by molar-refractivity contribution is -0.137. The zero-order valence-electron chi connectivity index (χ0n) is 20.4. The molecule has 3 N–H and O–H groups in total. The zero-order valence-corrected chi connectivity index (χ0v) is 20.4. The molecule has 1 unspecified atom stereocenters. The largest absolute Gasteiger partial charge is 0.508 e. The monoisotopic (exact) mass is 458 g/mol. The highest BCUT2D eigenvalue weighted by molar-refractivity contribution is 5.79. The Kier molecular flexibility index (Phi) is 9.19. The predicted octanol–water partition coefficient (Wildman–Crippen LogP) is 4.56. The molecule has 2 aliphatic rings. The van der Waals surface area contributed by atoms with E-state index in [0.29, 0.717) is 30.6 Å². The summed E-state index contributed by atoms with van der Waals surface area (Å²) in [7, 11) is 0. The maximum Gasteiger partial charge on any atom is 0.303 e. The lowest BCUT2D eigenvalue weighted by Gasteiger charge is -2.45. The fourth-order valence-corrected chi connectivity index (χ4v) is 5.83. The summed E-state index contributed by atoms with van der Waals surface area (Å²) in [6.45, 7) is 7.95. The molecule has 0 bridgehead atoms. The van der Waals surface area contributed by atoms with Crippen LogP contribution in [0.2, 0.25) is 0 Å². The zero-order chi connectivity index (χ0) is 23.8. The van der Waals surface area contributed by atoms with Gasteiger partial charge >= 0.3 is 5.97 Å². The van der Waals surface area contributed by atoms with Gasteiger partial charge in [0, 0.05) is 25.4 Å². The first kappa shape index (κ1) is 25.5. The van der Waals surface area contributed by atoms with Crippen LogP contribution in [0.3, 0.4) is 0 Å². The van der Waals surface area contributed by atoms with Crippen LogP contribution >= 0.6 is 0 Å². The molecule has 6 nitrogen and oxygen atoms in total. The highest BCUT2D eigenvalue weighted by Gasteiger charge is 2.38. The Bertz CT molecular complexity index is 792. The minimum absolute atomic E-state index is 0.0183. The number of aromatic hydroxyl groups is 1. The number of benzene rings is 1. The maximum absolute atomic E-state index is 13.0. The van der Waals surface area contributed by atoms with Crippen molar-refractivity contribution in [3.8, 4) is 5.75 Å². The smallest absolute Gasteiger partial charge is 0.303 e. The molecule has 1 amide bonds. The first-order valence-corrected chi connectivity index (χ1v) is 12.8. The third kappa shape index (κ3) is 6.95. The summed E-state index contributed by atoms with van der Waals surface area (Å²) in [5, 5.41) is 21.8. The predicted molar refractivity (Wildman–Crippen MR) is 130 cm³/mol. The van der Waals surface area contributed by atoms with Gasteiger partial charge in [0.05, 0.1) is 0 Å². The average molecular weight is 459 g/mol. The van der Waals surface area contributed by atoms with E-state index in [2.05, 4.69) is 30.1 Å². The lowest BCUT2D eigenvalue weighted by atomic mass is 9.68. The number of carboxylic acid groups (broad SMARTS) is 1. The van der Waals surface area contributed by atoms with Gasteiger partial charge in [-0.2, -0.15) is 0 Å². The molecule has 2 fully saturated rings. The maximum atomic E-state index is 13.0. The second-order valence-corrected chi connectivity index (χ2v) is 10.5. The molecule has 1 heterocycles. The van der Waals surface area contributed by atoms with Gasteiger partial charge in [0.1, 0.15) is 5.75 Å². The van der Waals surface area contributed by atoms with E-state index in [1.807, 2.05) is 12.1 Å². The van der Waals surface area contributed by atoms with Crippen molar-refractivity contribution in [2.24, 2.45) is 17.8 Å². The van der Waals surface area contributed by atoms with Gasteiger partial charge in [0.25, 0.3) is 0 Å². The molecular weight excluding hydrogens is 416 g/mol. The lowest BCUT2D eigenvalue weighted by Crippen LogP contribution is -2.48. The summed E-state index contributed by atoms with van der Waals surface area (Å²) in [5.74, 6) is 0.536. The van der Waals surface area contributed by atoms with Crippen molar-refractivity contribution in [2.75, 3.05) is 26.2 Å². The molecule has 0 spiro atoms. The quantitative estimate of drug-likeness (QED) is 0.447. The minimum Gasteiger partial charge on any atom is -0.508 e. The van der Waals surface area contributed by atoms with Crippen LogP contribution in [0.5, 0.6) is 5.75 Å². The van der Waals surface area contributed by atoms with E-state index < -0.39 is 5.97 Å². The van der Waals surface area contributed by atoms with Gasteiger partial charge in [-0.15, -0.1) is 0 Å². The number of phenols is 1. The van der Waals surface area contributed by atoms with Crippen LogP contribution in [-0.4, -0.2) is 53.2 Å². The van der Waals surface area contributed by atoms with E-state index in [1.54, 1.807) is 6.07 Å². The highest BCUT2D eigenvalue weighted by atomic mass is 16.4. The number of phenolic OH excluding ortho intramolecular Hbond substituents is 1. The van der Waals surface area contributed by atoms with Crippen LogP contribution in [-0.2, 0) is 15.0 Å². The fraction of sp³-hybridized carbons (Fsp3) is 0.704. The summed E-state index contributed by atoms with van der Waals surface area (Å²) in [6, 6.07) is 7.68. The number of likely N-dealkylation sites (tertiary alicyclic amines) is 1. The van der Waals surface area contributed by atoms with Crippen LogP contribution in [0.4, 0.5) is 0 Å². The molecule has 6 heteroatoms. The molecule has 1 saturated heterocycles.